The number of benzene rings is 1. The molecule has 0 unspecified atom stereocenters. The molecule has 2 N–H and O–H groups in total. The smallest absolute Gasteiger partial charge is 0.275 e. The van der Waals surface area contributed by atoms with Crippen molar-refractivity contribution in [1.29, 1.82) is 0 Å². The SMILES string of the molecule is Cc1cc(C)c(C)c(S(=O)(=O)N2CCC(C(=O)NN3CC(=O)NC3=O)CC2)c1C. The van der Waals surface area contributed by atoms with Crippen LogP contribution in [0, 0.1) is 33.6 Å². The molecule has 2 aliphatic rings. The van der Waals surface area contributed by atoms with Crippen LogP contribution in [0.3, 0.4) is 0 Å². The van der Waals surface area contributed by atoms with Crippen LogP contribution in [-0.4, -0.2) is 55.2 Å². The molecule has 29 heavy (non-hydrogen) atoms. The topological polar surface area (TPSA) is 116 Å². The molecule has 0 aromatic heterocycles. The molecule has 2 aliphatic heterocycles. The first kappa shape index (κ1) is 21.3. The zero-order valence-electron chi connectivity index (χ0n) is 17.0. The summed E-state index contributed by atoms with van der Waals surface area (Å²) in [4.78, 5) is 35.5. The maximum absolute atomic E-state index is 13.3. The Kier molecular flexibility index (Phi) is 5.68. The van der Waals surface area contributed by atoms with E-state index >= 15 is 0 Å². The van der Waals surface area contributed by atoms with Crippen molar-refractivity contribution in [3.8, 4) is 0 Å². The molecule has 0 saturated carbocycles. The van der Waals surface area contributed by atoms with Crippen LogP contribution < -0.4 is 10.7 Å². The summed E-state index contributed by atoms with van der Waals surface area (Å²) < 4.78 is 28.0. The third-order valence-electron chi connectivity index (χ3n) is 5.76. The fourth-order valence-corrected chi connectivity index (χ4v) is 5.86. The first-order chi connectivity index (χ1) is 13.5. The van der Waals surface area contributed by atoms with Gasteiger partial charge in [0.15, 0.2) is 0 Å². The first-order valence-electron chi connectivity index (χ1n) is 9.51. The van der Waals surface area contributed by atoms with Crippen molar-refractivity contribution in [1.82, 2.24) is 20.1 Å². The highest BCUT2D eigenvalue weighted by molar-refractivity contribution is 7.89. The van der Waals surface area contributed by atoms with Crippen molar-refractivity contribution in [3.05, 3.63) is 28.3 Å². The van der Waals surface area contributed by atoms with Crippen LogP contribution in [0.5, 0.6) is 0 Å². The molecular weight excluding hydrogens is 396 g/mol. The maximum atomic E-state index is 13.3. The van der Waals surface area contributed by atoms with Gasteiger partial charge >= 0.3 is 6.03 Å². The number of sulfonamides is 1. The lowest BCUT2D eigenvalue weighted by atomic mass is 9.97. The van der Waals surface area contributed by atoms with Gasteiger partial charge in [-0.1, -0.05) is 6.07 Å². The Labute approximate surface area is 170 Å². The van der Waals surface area contributed by atoms with E-state index in [1.807, 2.05) is 33.8 Å². The Balaban J connectivity index is 1.70. The fourth-order valence-electron chi connectivity index (χ4n) is 3.81. The minimum absolute atomic E-state index is 0.219. The summed E-state index contributed by atoms with van der Waals surface area (Å²) in [6.45, 7) is 7.65. The largest absolute Gasteiger partial charge is 0.343 e. The molecule has 2 saturated heterocycles. The van der Waals surface area contributed by atoms with Crippen molar-refractivity contribution in [3.63, 3.8) is 0 Å². The highest BCUT2D eigenvalue weighted by Gasteiger charge is 2.36. The monoisotopic (exact) mass is 422 g/mol. The van der Waals surface area contributed by atoms with Crippen LogP contribution >= 0.6 is 0 Å². The van der Waals surface area contributed by atoms with Gasteiger partial charge in [0.25, 0.3) is 0 Å². The molecule has 0 radical (unpaired) electrons. The number of aryl methyl sites for hydroxylation is 2. The van der Waals surface area contributed by atoms with Crippen LogP contribution in [0.4, 0.5) is 4.79 Å². The van der Waals surface area contributed by atoms with E-state index in [4.69, 9.17) is 0 Å². The molecule has 3 rings (SSSR count). The number of hydrogen-bond acceptors (Lipinski definition) is 5. The standard InChI is InChI=1S/C19H26N4O5S/c1-11-9-12(2)14(4)17(13(11)3)29(27,28)22-7-5-15(6-8-22)18(25)21-23-10-16(24)20-19(23)26/h9,15H,5-8,10H2,1-4H3,(H,21,25)(H,20,24,26). The van der Waals surface area contributed by atoms with Gasteiger partial charge in [-0.15, -0.1) is 0 Å². The van der Waals surface area contributed by atoms with Gasteiger partial charge in [0, 0.05) is 19.0 Å². The number of urea groups is 1. The Bertz CT molecular complexity index is 955. The summed E-state index contributed by atoms with van der Waals surface area (Å²) in [6, 6.07) is 1.32. The Morgan fingerprint density at radius 1 is 1.07 bits per heavy atom. The van der Waals surface area contributed by atoms with Crippen molar-refractivity contribution in [2.45, 2.75) is 45.4 Å². The predicted molar refractivity (Wildman–Crippen MR) is 105 cm³/mol. The minimum atomic E-state index is -3.67. The van der Waals surface area contributed by atoms with E-state index < -0.39 is 27.9 Å². The Morgan fingerprint density at radius 3 is 2.10 bits per heavy atom. The summed E-state index contributed by atoms with van der Waals surface area (Å²) in [5.41, 5.74) is 5.80. The van der Waals surface area contributed by atoms with Crippen LogP contribution in [0.15, 0.2) is 11.0 Å². The summed E-state index contributed by atoms with van der Waals surface area (Å²) in [6.07, 6.45) is 0.689. The number of hydrazine groups is 1. The molecule has 0 spiro atoms. The zero-order valence-corrected chi connectivity index (χ0v) is 17.9. The maximum Gasteiger partial charge on any atom is 0.343 e. The lowest BCUT2D eigenvalue weighted by Gasteiger charge is -2.32. The van der Waals surface area contributed by atoms with E-state index in [0.29, 0.717) is 17.7 Å². The van der Waals surface area contributed by atoms with Gasteiger partial charge in [-0.25, -0.2) is 18.2 Å². The van der Waals surface area contributed by atoms with Crippen molar-refractivity contribution >= 4 is 27.9 Å². The van der Waals surface area contributed by atoms with E-state index in [1.165, 1.54) is 4.31 Å². The minimum Gasteiger partial charge on any atom is -0.275 e. The summed E-state index contributed by atoms with van der Waals surface area (Å²) in [5.74, 6) is -1.28. The normalized spacial score (nSPS) is 18.8. The fraction of sp³-hybridized carbons (Fsp3) is 0.526. The number of hydrogen-bond donors (Lipinski definition) is 2. The molecule has 1 aromatic rings. The van der Waals surface area contributed by atoms with Crippen LogP contribution in [0.1, 0.15) is 35.1 Å². The van der Waals surface area contributed by atoms with Gasteiger partial charge in [-0.3, -0.25) is 20.3 Å². The average Bonchev–Trinajstić information content (AvgIpc) is 2.97. The van der Waals surface area contributed by atoms with E-state index in [0.717, 1.165) is 27.3 Å². The molecule has 4 amide bonds. The van der Waals surface area contributed by atoms with Crippen LogP contribution in [-0.2, 0) is 19.6 Å². The number of nitrogens with zero attached hydrogens (tertiary/aromatic N) is 2. The number of rotatable bonds is 4. The lowest BCUT2D eigenvalue weighted by molar-refractivity contribution is -0.130. The molecular formula is C19H26N4O5S. The lowest BCUT2D eigenvalue weighted by Crippen LogP contribution is -2.49. The van der Waals surface area contributed by atoms with Gasteiger partial charge in [-0.2, -0.15) is 4.31 Å². The van der Waals surface area contributed by atoms with Gasteiger partial charge in [-0.05, 0) is 62.8 Å². The highest BCUT2D eigenvalue weighted by atomic mass is 32.2. The second-order valence-corrected chi connectivity index (χ2v) is 9.56. The van der Waals surface area contributed by atoms with E-state index in [2.05, 4.69) is 10.7 Å². The number of carbonyl (C=O) groups is 3. The van der Waals surface area contributed by atoms with Crippen molar-refractivity contribution in [2.75, 3.05) is 19.6 Å². The molecule has 2 fully saturated rings. The predicted octanol–water partition coefficient (Wildman–Crippen LogP) is 0.904. The molecule has 0 bridgehead atoms. The number of piperidine rings is 1. The molecule has 0 aliphatic carbocycles. The van der Waals surface area contributed by atoms with E-state index in [1.54, 1.807) is 0 Å². The third-order valence-corrected chi connectivity index (χ3v) is 7.93. The Morgan fingerprint density at radius 2 is 1.62 bits per heavy atom. The van der Waals surface area contributed by atoms with Gasteiger partial charge in [0.1, 0.15) is 6.54 Å². The zero-order chi connectivity index (χ0) is 21.5. The second-order valence-electron chi connectivity index (χ2n) is 7.68. The van der Waals surface area contributed by atoms with Gasteiger partial charge < -0.3 is 0 Å². The second kappa shape index (κ2) is 7.75. The number of amides is 4. The molecule has 1 aromatic carbocycles. The average molecular weight is 423 g/mol. The van der Waals surface area contributed by atoms with Gasteiger partial charge in [0.05, 0.1) is 4.90 Å². The number of carbonyl (C=O) groups excluding carboxylic acids is 3. The molecule has 0 atom stereocenters. The number of nitrogens with one attached hydrogen (secondary N) is 2. The van der Waals surface area contributed by atoms with Crippen molar-refractivity contribution < 1.29 is 22.8 Å². The summed E-state index contributed by atoms with van der Waals surface area (Å²) in [5, 5.41) is 3.03. The van der Waals surface area contributed by atoms with Crippen molar-refractivity contribution in [2.24, 2.45) is 5.92 Å². The highest BCUT2D eigenvalue weighted by Crippen LogP contribution is 2.31. The van der Waals surface area contributed by atoms with E-state index in [9.17, 15) is 22.8 Å². The molecule has 9 nitrogen and oxygen atoms in total. The first-order valence-corrected chi connectivity index (χ1v) is 11.0. The summed E-state index contributed by atoms with van der Waals surface area (Å²) in [7, 11) is -3.67. The molecule has 10 heteroatoms. The van der Waals surface area contributed by atoms with Crippen LogP contribution in [0.25, 0.3) is 0 Å². The molecule has 158 valence electrons. The van der Waals surface area contributed by atoms with E-state index in [-0.39, 0.29) is 25.5 Å². The Hall–Kier alpha value is -2.46. The summed E-state index contributed by atoms with van der Waals surface area (Å²) >= 11 is 0. The number of imide groups is 1. The molecule has 2 heterocycles. The third kappa shape index (κ3) is 3.99. The quantitative estimate of drug-likeness (QED) is 0.700. The van der Waals surface area contributed by atoms with Gasteiger partial charge in [0.2, 0.25) is 21.8 Å². The van der Waals surface area contributed by atoms with Crippen LogP contribution in [0.2, 0.25) is 0 Å².